The van der Waals surface area contributed by atoms with Crippen molar-refractivity contribution in [3.8, 4) is 11.5 Å². The second-order valence-electron chi connectivity index (χ2n) is 6.01. The minimum absolute atomic E-state index is 0.148. The number of hydrogen-bond acceptors (Lipinski definition) is 5. The Kier molecular flexibility index (Phi) is 3.80. The van der Waals surface area contributed by atoms with E-state index in [2.05, 4.69) is 0 Å². The van der Waals surface area contributed by atoms with Gasteiger partial charge in [0, 0.05) is 18.5 Å². The van der Waals surface area contributed by atoms with Crippen molar-refractivity contribution in [2.45, 2.75) is 19.0 Å². The molecular weight excluding hydrogens is 322 g/mol. The van der Waals surface area contributed by atoms with Gasteiger partial charge in [0.2, 0.25) is 6.79 Å². The average molecular weight is 339 g/mol. The molecule has 0 fully saturated rings. The number of fused-ring (bicyclic) bond motifs is 2. The molecule has 0 N–H and O–H groups in total. The number of esters is 1. The highest BCUT2D eigenvalue weighted by Gasteiger charge is 2.36. The maximum Gasteiger partial charge on any atom is 0.328 e. The van der Waals surface area contributed by atoms with Gasteiger partial charge < -0.3 is 19.1 Å². The molecule has 0 radical (unpaired) electrons. The Bertz CT molecular complexity index is 847. The SMILES string of the molecule is COC(=O)C1Cc2ccccc2CN1C(=O)c1ccc2c(c1)OCO2. The lowest BCUT2D eigenvalue weighted by molar-refractivity contribution is -0.146. The summed E-state index contributed by atoms with van der Waals surface area (Å²) in [7, 11) is 1.34. The third-order valence-corrected chi connectivity index (χ3v) is 4.60. The van der Waals surface area contributed by atoms with Crippen molar-refractivity contribution in [1.29, 1.82) is 0 Å². The second-order valence-corrected chi connectivity index (χ2v) is 6.01. The Labute approximate surface area is 144 Å². The molecule has 128 valence electrons. The van der Waals surface area contributed by atoms with E-state index in [0.717, 1.165) is 11.1 Å². The minimum Gasteiger partial charge on any atom is -0.467 e. The third kappa shape index (κ3) is 2.69. The summed E-state index contributed by atoms with van der Waals surface area (Å²) < 4.78 is 15.5. The summed E-state index contributed by atoms with van der Waals surface area (Å²) in [6.45, 7) is 0.512. The number of nitrogens with zero attached hydrogens (tertiary/aromatic N) is 1. The van der Waals surface area contributed by atoms with Crippen molar-refractivity contribution in [2.24, 2.45) is 0 Å². The molecule has 0 bridgehead atoms. The maximum atomic E-state index is 13.1. The van der Waals surface area contributed by atoms with Gasteiger partial charge in [-0.1, -0.05) is 24.3 Å². The first-order chi connectivity index (χ1) is 12.2. The van der Waals surface area contributed by atoms with Gasteiger partial charge in [-0.2, -0.15) is 0 Å². The normalized spacial score (nSPS) is 17.8. The standard InChI is InChI=1S/C19H17NO5/c1-23-19(22)15-8-12-4-2-3-5-14(12)10-20(15)18(21)13-6-7-16-17(9-13)25-11-24-16/h2-7,9,15H,8,10-11H2,1H3. The van der Waals surface area contributed by atoms with Gasteiger partial charge in [-0.3, -0.25) is 4.79 Å². The fraction of sp³-hybridized carbons (Fsp3) is 0.263. The molecule has 2 aromatic carbocycles. The lowest BCUT2D eigenvalue weighted by atomic mass is 9.93. The van der Waals surface area contributed by atoms with Crippen LogP contribution >= 0.6 is 0 Å². The first-order valence-corrected chi connectivity index (χ1v) is 8.02. The van der Waals surface area contributed by atoms with Crippen molar-refractivity contribution in [3.63, 3.8) is 0 Å². The van der Waals surface area contributed by atoms with E-state index in [1.807, 2.05) is 24.3 Å². The molecule has 0 saturated heterocycles. The van der Waals surface area contributed by atoms with E-state index in [1.54, 1.807) is 23.1 Å². The molecule has 0 aromatic heterocycles. The van der Waals surface area contributed by atoms with Crippen LogP contribution < -0.4 is 9.47 Å². The van der Waals surface area contributed by atoms with E-state index in [4.69, 9.17) is 14.2 Å². The average Bonchev–Trinajstić information content (AvgIpc) is 3.13. The highest BCUT2D eigenvalue weighted by Crippen LogP contribution is 2.34. The molecule has 2 heterocycles. The van der Waals surface area contributed by atoms with Gasteiger partial charge in [0.15, 0.2) is 11.5 Å². The molecular formula is C19H17NO5. The summed E-state index contributed by atoms with van der Waals surface area (Å²) >= 11 is 0. The zero-order valence-corrected chi connectivity index (χ0v) is 13.7. The van der Waals surface area contributed by atoms with E-state index >= 15 is 0 Å². The van der Waals surface area contributed by atoms with Crippen molar-refractivity contribution in [1.82, 2.24) is 4.90 Å². The quantitative estimate of drug-likeness (QED) is 0.785. The molecule has 0 spiro atoms. The van der Waals surface area contributed by atoms with E-state index in [-0.39, 0.29) is 12.7 Å². The highest BCUT2D eigenvalue weighted by atomic mass is 16.7. The van der Waals surface area contributed by atoms with Crippen molar-refractivity contribution < 1.29 is 23.8 Å². The van der Waals surface area contributed by atoms with Gasteiger partial charge >= 0.3 is 5.97 Å². The molecule has 1 atom stereocenters. The van der Waals surface area contributed by atoms with Crippen LogP contribution in [0.15, 0.2) is 42.5 Å². The van der Waals surface area contributed by atoms with Crippen molar-refractivity contribution >= 4 is 11.9 Å². The van der Waals surface area contributed by atoms with Crippen LogP contribution in [0.1, 0.15) is 21.5 Å². The Morgan fingerprint density at radius 2 is 1.84 bits per heavy atom. The summed E-state index contributed by atoms with van der Waals surface area (Å²) in [6, 6.07) is 12.2. The molecule has 6 heteroatoms. The van der Waals surface area contributed by atoms with Crippen molar-refractivity contribution in [2.75, 3.05) is 13.9 Å². The van der Waals surface area contributed by atoms with Crippen LogP contribution in [0, 0.1) is 0 Å². The summed E-state index contributed by atoms with van der Waals surface area (Å²) in [4.78, 5) is 26.9. The summed E-state index contributed by atoms with van der Waals surface area (Å²) in [6.07, 6.45) is 0.444. The smallest absolute Gasteiger partial charge is 0.328 e. The molecule has 0 saturated carbocycles. The predicted octanol–water partition coefficient (Wildman–Crippen LogP) is 2.16. The molecule has 2 aromatic rings. The minimum atomic E-state index is -0.641. The molecule has 25 heavy (non-hydrogen) atoms. The zero-order valence-electron chi connectivity index (χ0n) is 13.7. The first kappa shape index (κ1) is 15.5. The lowest BCUT2D eigenvalue weighted by Crippen LogP contribution is -2.49. The zero-order chi connectivity index (χ0) is 17.4. The van der Waals surface area contributed by atoms with Crippen LogP contribution in [-0.4, -0.2) is 36.7 Å². The maximum absolute atomic E-state index is 13.1. The Hall–Kier alpha value is -3.02. The van der Waals surface area contributed by atoms with Gasteiger partial charge in [0.05, 0.1) is 7.11 Å². The summed E-state index contributed by atoms with van der Waals surface area (Å²) in [5.41, 5.74) is 2.56. The number of benzene rings is 2. The number of amides is 1. The van der Waals surface area contributed by atoms with E-state index in [0.29, 0.717) is 30.0 Å². The first-order valence-electron chi connectivity index (χ1n) is 8.02. The fourth-order valence-corrected chi connectivity index (χ4v) is 3.28. The highest BCUT2D eigenvalue weighted by molar-refractivity contribution is 5.97. The Morgan fingerprint density at radius 1 is 1.08 bits per heavy atom. The Balaban J connectivity index is 1.68. The molecule has 2 aliphatic rings. The monoisotopic (exact) mass is 339 g/mol. The van der Waals surface area contributed by atoms with Gasteiger partial charge in [-0.15, -0.1) is 0 Å². The number of hydrogen-bond donors (Lipinski definition) is 0. The number of rotatable bonds is 2. The molecule has 2 aliphatic heterocycles. The van der Waals surface area contributed by atoms with Gasteiger partial charge in [0.25, 0.3) is 5.91 Å². The molecule has 6 nitrogen and oxygen atoms in total. The fourth-order valence-electron chi connectivity index (χ4n) is 3.28. The number of carbonyl (C=O) groups is 2. The molecule has 1 unspecified atom stereocenters. The Morgan fingerprint density at radius 3 is 2.64 bits per heavy atom. The topological polar surface area (TPSA) is 65.1 Å². The van der Waals surface area contributed by atoms with Crippen LogP contribution in [0.5, 0.6) is 11.5 Å². The summed E-state index contributed by atoms with van der Waals surface area (Å²) in [5.74, 6) is 0.509. The molecule has 0 aliphatic carbocycles. The summed E-state index contributed by atoms with van der Waals surface area (Å²) in [5, 5.41) is 0. The number of carbonyl (C=O) groups excluding carboxylic acids is 2. The predicted molar refractivity (Wildman–Crippen MR) is 88.4 cm³/mol. The number of methoxy groups -OCH3 is 1. The molecule has 1 amide bonds. The van der Waals surface area contributed by atoms with Gasteiger partial charge in [0.1, 0.15) is 6.04 Å². The van der Waals surface area contributed by atoms with E-state index in [9.17, 15) is 9.59 Å². The molecule has 4 rings (SSSR count). The van der Waals surface area contributed by atoms with E-state index < -0.39 is 12.0 Å². The lowest BCUT2D eigenvalue weighted by Gasteiger charge is -2.35. The van der Waals surface area contributed by atoms with Crippen LogP contribution in [0.4, 0.5) is 0 Å². The van der Waals surface area contributed by atoms with Gasteiger partial charge in [-0.25, -0.2) is 4.79 Å². The van der Waals surface area contributed by atoms with Crippen LogP contribution in [0.3, 0.4) is 0 Å². The van der Waals surface area contributed by atoms with Crippen LogP contribution in [-0.2, 0) is 22.5 Å². The second kappa shape index (κ2) is 6.12. The van der Waals surface area contributed by atoms with Crippen molar-refractivity contribution in [3.05, 3.63) is 59.2 Å². The van der Waals surface area contributed by atoms with E-state index in [1.165, 1.54) is 7.11 Å². The van der Waals surface area contributed by atoms with Crippen LogP contribution in [0.25, 0.3) is 0 Å². The third-order valence-electron chi connectivity index (χ3n) is 4.60. The largest absolute Gasteiger partial charge is 0.467 e. The van der Waals surface area contributed by atoms with Gasteiger partial charge in [-0.05, 0) is 29.3 Å². The number of ether oxygens (including phenoxy) is 3. The van der Waals surface area contributed by atoms with Crippen LogP contribution in [0.2, 0.25) is 0 Å².